The van der Waals surface area contributed by atoms with Gasteiger partial charge in [0.05, 0.1) is 0 Å². The van der Waals surface area contributed by atoms with E-state index < -0.39 is 0 Å². The minimum atomic E-state index is -0.254. The number of benzene rings is 1. The molecule has 2 aromatic rings. The zero-order valence-corrected chi connectivity index (χ0v) is 15.4. The minimum Gasteiger partial charge on any atom is -0.331 e. The average molecular weight is 368 g/mol. The van der Waals surface area contributed by atoms with Gasteiger partial charge in [-0.3, -0.25) is 0 Å². The van der Waals surface area contributed by atoms with Gasteiger partial charge in [0.25, 0.3) is 0 Å². The number of aliphatic imine (C=N–C) groups is 1. The van der Waals surface area contributed by atoms with Crippen molar-refractivity contribution in [2.45, 2.75) is 12.1 Å². The first-order valence-corrected chi connectivity index (χ1v) is 9.67. The van der Waals surface area contributed by atoms with Crippen LogP contribution in [0.1, 0.15) is 18.2 Å². The Hall–Kier alpha value is -2.51. The van der Waals surface area contributed by atoms with E-state index in [4.69, 9.17) is 9.98 Å². The summed E-state index contributed by atoms with van der Waals surface area (Å²) in [5, 5.41) is 0.723. The molecule has 0 amide bonds. The molecule has 1 N–H and O–H groups in total. The fraction of sp³-hybridized carbons (Fsp3) is 0.211. The maximum Gasteiger partial charge on any atom is 0.234 e. The first kappa shape index (κ1) is 16.9. The van der Waals surface area contributed by atoms with Gasteiger partial charge in [0.2, 0.25) is 5.84 Å². The molecular weight excluding hydrogens is 349 g/mol. The highest BCUT2D eigenvalue weighted by atomic mass is 32.2. The van der Waals surface area contributed by atoms with E-state index in [1.54, 1.807) is 18.3 Å². The Bertz CT molecular complexity index is 920. The summed E-state index contributed by atoms with van der Waals surface area (Å²) in [5.41, 5.74) is 3.58. The molecule has 4 rings (SSSR count). The molecule has 132 valence electrons. The summed E-state index contributed by atoms with van der Waals surface area (Å²) in [6, 6.07) is 8.39. The van der Waals surface area contributed by atoms with Crippen LogP contribution >= 0.6 is 11.8 Å². The fourth-order valence-electron chi connectivity index (χ4n) is 3.13. The van der Waals surface area contributed by atoms with Gasteiger partial charge >= 0.3 is 0 Å². The molecule has 2 aliphatic heterocycles. The van der Waals surface area contributed by atoms with Gasteiger partial charge < -0.3 is 4.90 Å². The number of quaternary nitrogens is 1. The number of thioether (sulfide) groups is 1. The van der Waals surface area contributed by atoms with Crippen LogP contribution < -0.4 is 4.90 Å². The second-order valence-electron chi connectivity index (χ2n) is 6.01. The van der Waals surface area contributed by atoms with Crippen molar-refractivity contribution in [3.05, 3.63) is 65.9 Å². The molecule has 1 aromatic carbocycles. The van der Waals surface area contributed by atoms with E-state index in [1.807, 2.05) is 18.4 Å². The molecule has 0 aliphatic carbocycles. The Kier molecular flexibility index (Phi) is 4.57. The molecule has 1 aromatic heterocycles. The minimum absolute atomic E-state index is 0.254. The summed E-state index contributed by atoms with van der Waals surface area (Å²) in [6.45, 7) is 3.83. The number of hydrogen-bond donors (Lipinski definition) is 1. The zero-order chi connectivity index (χ0) is 18.1. The smallest absolute Gasteiger partial charge is 0.234 e. The van der Waals surface area contributed by atoms with E-state index in [2.05, 4.69) is 23.0 Å². The molecule has 0 spiro atoms. The summed E-state index contributed by atoms with van der Waals surface area (Å²) in [5.74, 6) is 0.698. The lowest BCUT2D eigenvalue weighted by molar-refractivity contribution is -0.735. The van der Waals surface area contributed by atoms with E-state index in [-0.39, 0.29) is 5.82 Å². The number of halogens is 1. The third-order valence-corrected chi connectivity index (χ3v) is 5.04. The highest BCUT2D eigenvalue weighted by Gasteiger charge is 2.37. The summed E-state index contributed by atoms with van der Waals surface area (Å²) >= 11 is 1.51. The van der Waals surface area contributed by atoms with Gasteiger partial charge in [-0.1, -0.05) is 11.8 Å². The Labute approximate surface area is 156 Å². The van der Waals surface area contributed by atoms with Crippen molar-refractivity contribution in [2.75, 3.05) is 19.5 Å². The monoisotopic (exact) mass is 368 g/mol. The molecule has 0 radical (unpaired) electrons. The summed E-state index contributed by atoms with van der Waals surface area (Å²) in [4.78, 5) is 17.2. The van der Waals surface area contributed by atoms with Crippen molar-refractivity contribution in [3.63, 3.8) is 0 Å². The van der Waals surface area contributed by atoms with Crippen molar-refractivity contribution >= 4 is 29.0 Å². The van der Waals surface area contributed by atoms with Crippen LogP contribution in [-0.4, -0.2) is 40.2 Å². The number of nitrogens with one attached hydrogen (secondary N) is 1. The number of nitrogens with zero attached hydrogens (tertiary/aromatic N) is 4. The second-order valence-corrected chi connectivity index (χ2v) is 6.79. The summed E-state index contributed by atoms with van der Waals surface area (Å²) < 4.78 is 13.4. The highest BCUT2D eigenvalue weighted by Crippen LogP contribution is 2.27. The van der Waals surface area contributed by atoms with E-state index in [0.717, 1.165) is 51.8 Å². The van der Waals surface area contributed by atoms with Crippen LogP contribution in [0.4, 0.5) is 4.39 Å². The summed E-state index contributed by atoms with van der Waals surface area (Å²) in [6.07, 6.45) is 7.84. The van der Waals surface area contributed by atoms with Gasteiger partial charge in [-0.2, -0.15) is 4.99 Å². The van der Waals surface area contributed by atoms with Gasteiger partial charge in [-0.05, 0) is 43.5 Å². The normalized spacial score (nSPS) is 19.0. The predicted octanol–water partition coefficient (Wildman–Crippen LogP) is 2.27. The molecule has 1 unspecified atom stereocenters. The van der Waals surface area contributed by atoms with Gasteiger partial charge in [0, 0.05) is 30.6 Å². The first-order chi connectivity index (χ1) is 12.7. The third-order valence-electron chi connectivity index (χ3n) is 4.48. The number of amidine groups is 1. The van der Waals surface area contributed by atoms with Crippen LogP contribution in [0.15, 0.2) is 59.0 Å². The Morgan fingerprint density at radius 2 is 2.04 bits per heavy atom. The number of aromatic nitrogens is 2. The van der Waals surface area contributed by atoms with Crippen molar-refractivity contribution in [2.24, 2.45) is 4.99 Å². The van der Waals surface area contributed by atoms with E-state index >= 15 is 0 Å². The van der Waals surface area contributed by atoms with Gasteiger partial charge in [0.1, 0.15) is 17.2 Å². The average Bonchev–Trinajstić information content (AvgIpc) is 3.07. The molecule has 2 aliphatic rings. The quantitative estimate of drug-likeness (QED) is 0.664. The van der Waals surface area contributed by atoms with E-state index in [1.165, 1.54) is 23.9 Å². The highest BCUT2D eigenvalue weighted by molar-refractivity contribution is 7.98. The van der Waals surface area contributed by atoms with Crippen LogP contribution in [0, 0.1) is 5.82 Å². The Morgan fingerprint density at radius 3 is 2.77 bits per heavy atom. The lowest BCUT2D eigenvalue weighted by Crippen LogP contribution is -3.13. The molecule has 3 heterocycles. The molecule has 26 heavy (non-hydrogen) atoms. The van der Waals surface area contributed by atoms with Crippen molar-refractivity contribution in [3.8, 4) is 0 Å². The predicted molar refractivity (Wildman–Crippen MR) is 102 cm³/mol. The largest absolute Gasteiger partial charge is 0.331 e. The standard InChI is InChI=1S/C19H18FN5S/c1-3-24-11-9-16-23-17(13-4-6-14(20)7-5-13)18(25(16)12-24)15-8-10-21-19(22-15)26-2/h4-11H,3,12H2,1-2H3/p+1. The van der Waals surface area contributed by atoms with Crippen LogP contribution in [0.3, 0.4) is 0 Å². The SMILES string of the molecule is CCN1C=CC2=NC(c3ccc(F)cc3)=C(c3ccnc(SC)n3)[NH+]2C1. The van der Waals surface area contributed by atoms with Crippen LogP contribution in [0.25, 0.3) is 11.4 Å². The maximum absolute atomic E-state index is 13.4. The Balaban J connectivity index is 1.86. The second kappa shape index (κ2) is 7.01. The number of rotatable bonds is 4. The molecular formula is C19H19FN5S+. The maximum atomic E-state index is 13.4. The number of fused-ring (bicyclic) bond motifs is 1. The van der Waals surface area contributed by atoms with Gasteiger partial charge in [-0.15, -0.1) is 0 Å². The molecule has 1 atom stereocenters. The molecule has 0 saturated carbocycles. The molecule has 5 nitrogen and oxygen atoms in total. The van der Waals surface area contributed by atoms with Crippen LogP contribution in [-0.2, 0) is 0 Å². The van der Waals surface area contributed by atoms with Crippen molar-refractivity contribution < 1.29 is 9.29 Å². The fourth-order valence-corrected chi connectivity index (χ4v) is 3.49. The van der Waals surface area contributed by atoms with Gasteiger partial charge in [0.15, 0.2) is 17.5 Å². The van der Waals surface area contributed by atoms with E-state index in [0.29, 0.717) is 0 Å². The van der Waals surface area contributed by atoms with Crippen molar-refractivity contribution in [1.29, 1.82) is 0 Å². The van der Waals surface area contributed by atoms with E-state index in [9.17, 15) is 4.39 Å². The molecule has 0 fully saturated rings. The van der Waals surface area contributed by atoms with Crippen LogP contribution in [0.5, 0.6) is 0 Å². The summed E-state index contributed by atoms with van der Waals surface area (Å²) in [7, 11) is 0. The van der Waals surface area contributed by atoms with Gasteiger partial charge in [-0.25, -0.2) is 19.3 Å². The van der Waals surface area contributed by atoms with Crippen molar-refractivity contribution in [1.82, 2.24) is 14.9 Å². The first-order valence-electron chi connectivity index (χ1n) is 8.44. The third kappa shape index (κ3) is 3.04. The lowest BCUT2D eigenvalue weighted by atomic mass is 10.1. The van der Waals surface area contributed by atoms with Crippen LogP contribution in [0.2, 0.25) is 0 Å². The Morgan fingerprint density at radius 1 is 1.23 bits per heavy atom. The molecule has 0 saturated heterocycles. The molecule has 0 bridgehead atoms. The molecule has 7 heteroatoms. The topological polar surface area (TPSA) is 45.8 Å². The number of hydrogen-bond acceptors (Lipinski definition) is 5. The zero-order valence-electron chi connectivity index (χ0n) is 14.6. The lowest BCUT2D eigenvalue weighted by Gasteiger charge is -2.27.